The first-order chi connectivity index (χ1) is 6.74. The zero-order chi connectivity index (χ0) is 10.4. The maximum atomic E-state index is 11.4. The lowest BCUT2D eigenvalue weighted by atomic mass is 10.5. The molecule has 0 spiro atoms. The number of thioether (sulfide) groups is 1. The van der Waals surface area contributed by atoms with Gasteiger partial charge in [-0.1, -0.05) is 11.8 Å². The van der Waals surface area contributed by atoms with Crippen molar-refractivity contribution in [3.63, 3.8) is 0 Å². The van der Waals surface area contributed by atoms with E-state index in [1.807, 2.05) is 6.92 Å². The summed E-state index contributed by atoms with van der Waals surface area (Å²) in [6.07, 6.45) is 1.14. The highest BCUT2D eigenvalue weighted by Gasteiger charge is 2.09. The first kappa shape index (κ1) is 11.4. The van der Waals surface area contributed by atoms with Crippen LogP contribution in [0.3, 0.4) is 0 Å². The van der Waals surface area contributed by atoms with Crippen LogP contribution in [0.1, 0.15) is 13.3 Å². The van der Waals surface area contributed by atoms with Crippen molar-refractivity contribution in [3.05, 3.63) is 0 Å². The third-order valence-electron chi connectivity index (χ3n) is 2.09. The van der Waals surface area contributed by atoms with Crippen molar-refractivity contribution in [2.45, 2.75) is 13.3 Å². The van der Waals surface area contributed by atoms with Crippen LogP contribution in [-0.2, 0) is 4.79 Å². The smallest absolute Gasteiger partial charge is 0.241 e. The Kier molecular flexibility index (Phi) is 4.79. The molecule has 1 N–H and O–H groups in total. The minimum atomic E-state index is 0.112. The fourth-order valence-electron chi connectivity index (χ4n) is 1.03. The van der Waals surface area contributed by atoms with Crippen LogP contribution in [0.4, 0.5) is 0 Å². The molecule has 1 heterocycles. The highest BCUT2D eigenvalue weighted by atomic mass is 32.2. The molecule has 0 atom stereocenters. The molecular formula is C9H17N3OS. The van der Waals surface area contributed by atoms with Crippen LogP contribution < -0.4 is 5.32 Å². The number of amidine groups is 1. The van der Waals surface area contributed by atoms with Gasteiger partial charge in [0.05, 0.1) is 6.54 Å². The van der Waals surface area contributed by atoms with Gasteiger partial charge in [-0.2, -0.15) is 0 Å². The number of carbonyl (C=O) groups excluding carboxylic acids is 1. The molecule has 0 aromatic rings. The van der Waals surface area contributed by atoms with Gasteiger partial charge in [0.2, 0.25) is 5.91 Å². The van der Waals surface area contributed by atoms with E-state index in [-0.39, 0.29) is 5.91 Å². The maximum Gasteiger partial charge on any atom is 0.241 e. The van der Waals surface area contributed by atoms with Crippen molar-refractivity contribution in [3.8, 4) is 0 Å². The van der Waals surface area contributed by atoms with Gasteiger partial charge < -0.3 is 10.2 Å². The Hall–Kier alpha value is -0.710. The second-order valence-electron chi connectivity index (χ2n) is 3.15. The number of likely N-dealkylation sites (N-methyl/N-ethyl adjacent to an activating group) is 1. The van der Waals surface area contributed by atoms with Crippen LogP contribution in [0.5, 0.6) is 0 Å². The van der Waals surface area contributed by atoms with Gasteiger partial charge in [-0.15, -0.1) is 0 Å². The summed E-state index contributed by atoms with van der Waals surface area (Å²) >= 11 is 1.69. The van der Waals surface area contributed by atoms with E-state index in [4.69, 9.17) is 0 Å². The fraction of sp³-hybridized carbons (Fsp3) is 0.778. The number of nitrogens with zero attached hydrogens (tertiary/aromatic N) is 2. The topological polar surface area (TPSA) is 44.7 Å². The first-order valence-corrected chi connectivity index (χ1v) is 5.87. The van der Waals surface area contributed by atoms with Gasteiger partial charge in [-0.25, -0.2) is 0 Å². The van der Waals surface area contributed by atoms with Crippen molar-refractivity contribution in [2.24, 2.45) is 4.99 Å². The second-order valence-corrected chi connectivity index (χ2v) is 4.23. The van der Waals surface area contributed by atoms with E-state index in [0.717, 1.165) is 30.4 Å². The van der Waals surface area contributed by atoms with Crippen molar-refractivity contribution in [1.29, 1.82) is 0 Å². The molecule has 0 aromatic heterocycles. The number of rotatable bonds is 3. The first-order valence-electron chi connectivity index (χ1n) is 4.89. The van der Waals surface area contributed by atoms with Gasteiger partial charge in [0, 0.05) is 25.9 Å². The number of hydrogen-bond acceptors (Lipinski definition) is 4. The third-order valence-corrected chi connectivity index (χ3v) is 3.13. The zero-order valence-corrected chi connectivity index (χ0v) is 9.56. The average Bonchev–Trinajstić information content (AvgIpc) is 2.26. The standard InChI is InChI=1S/C9H17N3OS/c1-3-12(2)8(13)7-11-9-10-5-4-6-14-9/h3-7H2,1-2H3,(H,10,11). The predicted molar refractivity (Wildman–Crippen MR) is 60.7 cm³/mol. The van der Waals surface area contributed by atoms with E-state index < -0.39 is 0 Å². The Labute approximate surface area is 89.1 Å². The van der Waals surface area contributed by atoms with E-state index in [9.17, 15) is 4.79 Å². The molecule has 4 nitrogen and oxygen atoms in total. The molecule has 5 heteroatoms. The Bertz CT molecular complexity index is 230. The largest absolute Gasteiger partial charge is 0.356 e. The third kappa shape index (κ3) is 3.57. The highest BCUT2D eigenvalue weighted by Crippen LogP contribution is 2.09. The zero-order valence-electron chi connectivity index (χ0n) is 8.75. The fourth-order valence-corrected chi connectivity index (χ4v) is 1.85. The minimum Gasteiger partial charge on any atom is -0.356 e. The van der Waals surface area contributed by atoms with Crippen LogP contribution in [0.2, 0.25) is 0 Å². The molecule has 0 fully saturated rings. The summed E-state index contributed by atoms with van der Waals surface area (Å²) in [4.78, 5) is 17.4. The number of hydrogen-bond donors (Lipinski definition) is 1. The monoisotopic (exact) mass is 215 g/mol. The number of carbonyl (C=O) groups is 1. The van der Waals surface area contributed by atoms with Crippen LogP contribution in [-0.4, -0.2) is 48.4 Å². The van der Waals surface area contributed by atoms with E-state index in [2.05, 4.69) is 10.3 Å². The van der Waals surface area contributed by atoms with E-state index >= 15 is 0 Å². The normalized spacial score (nSPS) is 16.0. The summed E-state index contributed by atoms with van der Waals surface area (Å²) in [7, 11) is 1.81. The van der Waals surface area contributed by atoms with Crippen molar-refractivity contribution >= 4 is 22.8 Å². The van der Waals surface area contributed by atoms with Crippen LogP contribution in [0, 0.1) is 0 Å². The molecule has 14 heavy (non-hydrogen) atoms. The summed E-state index contributed by atoms with van der Waals surface area (Å²) in [5.74, 6) is 1.21. The second kappa shape index (κ2) is 5.90. The summed E-state index contributed by atoms with van der Waals surface area (Å²) in [5, 5.41) is 3.97. The Balaban J connectivity index is 2.25. The molecular weight excluding hydrogens is 198 g/mol. The Morgan fingerprint density at radius 3 is 3.07 bits per heavy atom. The van der Waals surface area contributed by atoms with Gasteiger partial charge >= 0.3 is 0 Å². The molecule has 1 aliphatic rings. The van der Waals surface area contributed by atoms with Gasteiger partial charge in [0.1, 0.15) is 0 Å². The molecule has 0 aromatic carbocycles. The quantitative estimate of drug-likeness (QED) is 0.747. The van der Waals surface area contributed by atoms with Gasteiger partial charge in [-0.05, 0) is 13.3 Å². The predicted octanol–water partition coefficient (Wildman–Crippen LogP) is 0.547. The lowest BCUT2D eigenvalue weighted by molar-refractivity contribution is -0.128. The molecule has 0 bridgehead atoms. The molecule has 0 saturated heterocycles. The SMILES string of the molecule is CCN(C)C(=O)CNC1=NCCCS1. The highest BCUT2D eigenvalue weighted by molar-refractivity contribution is 8.13. The molecule has 80 valence electrons. The lowest BCUT2D eigenvalue weighted by Crippen LogP contribution is -2.37. The number of nitrogens with one attached hydrogen (secondary N) is 1. The Morgan fingerprint density at radius 2 is 2.50 bits per heavy atom. The maximum absolute atomic E-state index is 11.4. The van der Waals surface area contributed by atoms with Crippen LogP contribution in [0.15, 0.2) is 4.99 Å². The molecule has 1 amide bonds. The summed E-state index contributed by atoms with van der Waals surface area (Å²) in [5.41, 5.74) is 0. The van der Waals surface area contributed by atoms with Gasteiger partial charge in [0.25, 0.3) is 0 Å². The van der Waals surface area contributed by atoms with Crippen molar-refractivity contribution in [1.82, 2.24) is 10.2 Å². The Morgan fingerprint density at radius 1 is 1.71 bits per heavy atom. The molecule has 0 unspecified atom stereocenters. The number of amides is 1. The minimum absolute atomic E-state index is 0.112. The molecule has 1 rings (SSSR count). The van der Waals surface area contributed by atoms with Crippen LogP contribution in [0.25, 0.3) is 0 Å². The van der Waals surface area contributed by atoms with Crippen molar-refractivity contribution in [2.75, 3.05) is 32.4 Å². The summed E-state index contributed by atoms with van der Waals surface area (Å²) in [6.45, 7) is 3.95. The molecule has 0 aliphatic carbocycles. The number of aliphatic imine (C=N–C) groups is 1. The summed E-state index contributed by atoms with van der Waals surface area (Å²) < 4.78 is 0. The molecule has 0 saturated carbocycles. The van der Waals surface area contributed by atoms with E-state index in [0.29, 0.717) is 6.54 Å². The van der Waals surface area contributed by atoms with Gasteiger partial charge in [-0.3, -0.25) is 9.79 Å². The van der Waals surface area contributed by atoms with Crippen LogP contribution >= 0.6 is 11.8 Å². The lowest BCUT2D eigenvalue weighted by Gasteiger charge is -2.17. The molecule has 0 radical (unpaired) electrons. The van der Waals surface area contributed by atoms with Crippen molar-refractivity contribution < 1.29 is 4.79 Å². The van der Waals surface area contributed by atoms with E-state index in [1.165, 1.54) is 0 Å². The average molecular weight is 215 g/mol. The molecule has 1 aliphatic heterocycles. The summed E-state index contributed by atoms with van der Waals surface area (Å²) in [6, 6.07) is 0. The van der Waals surface area contributed by atoms with Gasteiger partial charge in [0.15, 0.2) is 5.17 Å². The van der Waals surface area contributed by atoms with E-state index in [1.54, 1.807) is 23.7 Å².